The van der Waals surface area contributed by atoms with Gasteiger partial charge in [0.15, 0.2) is 0 Å². The second-order valence-corrected chi connectivity index (χ2v) is 6.57. The maximum absolute atomic E-state index is 12.7. The molecule has 1 N–H and O–H groups in total. The standard InChI is InChI=1S/C18H19ClN2O2/c1-18(2,3)21(17(23)13-8-5-4-6-9-13)20-16(22)14-10-7-11-15(19)12-14/h4-12H,1-3H3,(H,20,22). The normalized spacial score (nSPS) is 11.0. The molecule has 0 fully saturated rings. The van der Waals surface area contributed by atoms with Gasteiger partial charge >= 0.3 is 0 Å². The van der Waals surface area contributed by atoms with Crippen LogP contribution >= 0.6 is 11.6 Å². The zero-order chi connectivity index (χ0) is 17.0. The van der Waals surface area contributed by atoms with E-state index in [0.717, 1.165) is 0 Å². The Morgan fingerprint density at radius 2 is 1.57 bits per heavy atom. The Hall–Kier alpha value is -2.33. The van der Waals surface area contributed by atoms with Gasteiger partial charge in [0, 0.05) is 16.1 Å². The van der Waals surface area contributed by atoms with Crippen LogP contribution in [0.1, 0.15) is 41.5 Å². The summed E-state index contributed by atoms with van der Waals surface area (Å²) in [6.07, 6.45) is 0. The van der Waals surface area contributed by atoms with Gasteiger partial charge in [0.25, 0.3) is 11.8 Å². The van der Waals surface area contributed by atoms with Gasteiger partial charge in [0.2, 0.25) is 0 Å². The SMILES string of the molecule is CC(C)(C)N(NC(=O)c1cccc(Cl)c1)C(=O)c1ccccc1. The van der Waals surface area contributed by atoms with Crippen molar-refractivity contribution in [3.05, 3.63) is 70.7 Å². The van der Waals surface area contributed by atoms with Crippen molar-refractivity contribution >= 4 is 23.4 Å². The lowest BCUT2D eigenvalue weighted by Crippen LogP contribution is -2.55. The molecular weight excluding hydrogens is 312 g/mol. The number of benzene rings is 2. The van der Waals surface area contributed by atoms with Crippen LogP contribution < -0.4 is 5.43 Å². The smallest absolute Gasteiger partial charge is 0.267 e. The molecule has 0 saturated heterocycles. The lowest BCUT2D eigenvalue weighted by molar-refractivity contribution is 0.0358. The van der Waals surface area contributed by atoms with Crippen LogP contribution in [0.15, 0.2) is 54.6 Å². The van der Waals surface area contributed by atoms with Crippen molar-refractivity contribution in [1.29, 1.82) is 0 Å². The van der Waals surface area contributed by atoms with Crippen LogP contribution in [-0.4, -0.2) is 22.4 Å². The van der Waals surface area contributed by atoms with Crippen LogP contribution in [0.4, 0.5) is 0 Å². The Morgan fingerprint density at radius 1 is 0.957 bits per heavy atom. The Labute approximate surface area is 141 Å². The van der Waals surface area contributed by atoms with Gasteiger partial charge < -0.3 is 0 Å². The van der Waals surface area contributed by atoms with Crippen LogP contribution in [0.2, 0.25) is 5.02 Å². The molecule has 0 aliphatic rings. The number of nitrogens with zero attached hydrogens (tertiary/aromatic N) is 1. The molecule has 2 amide bonds. The number of carbonyl (C=O) groups excluding carboxylic acids is 2. The Balaban J connectivity index is 2.27. The number of hydrazine groups is 1. The van der Waals surface area contributed by atoms with Crippen molar-refractivity contribution in [3.63, 3.8) is 0 Å². The number of rotatable bonds is 2. The third-order valence-electron chi connectivity index (χ3n) is 3.19. The lowest BCUT2D eigenvalue weighted by Gasteiger charge is -2.35. The van der Waals surface area contributed by atoms with Gasteiger partial charge in [0.05, 0.1) is 5.54 Å². The molecule has 0 bridgehead atoms. The van der Waals surface area contributed by atoms with Crippen molar-refractivity contribution < 1.29 is 9.59 Å². The summed E-state index contributed by atoms with van der Waals surface area (Å²) in [6.45, 7) is 5.56. The summed E-state index contributed by atoms with van der Waals surface area (Å²) in [7, 11) is 0. The van der Waals surface area contributed by atoms with Gasteiger partial charge in [-0.25, -0.2) is 5.01 Å². The third kappa shape index (κ3) is 4.33. The minimum absolute atomic E-state index is 0.270. The van der Waals surface area contributed by atoms with E-state index in [1.807, 2.05) is 26.8 Å². The quantitative estimate of drug-likeness (QED) is 0.848. The first-order valence-electron chi connectivity index (χ1n) is 7.25. The summed E-state index contributed by atoms with van der Waals surface area (Å²) < 4.78 is 0. The highest BCUT2D eigenvalue weighted by atomic mass is 35.5. The van der Waals surface area contributed by atoms with Crippen LogP contribution in [0.5, 0.6) is 0 Å². The molecule has 0 aliphatic heterocycles. The van der Waals surface area contributed by atoms with Gasteiger partial charge in [-0.3, -0.25) is 15.0 Å². The summed E-state index contributed by atoms with van der Waals surface area (Å²) in [4.78, 5) is 25.1. The number of nitrogens with one attached hydrogen (secondary N) is 1. The minimum Gasteiger partial charge on any atom is -0.267 e. The van der Waals surface area contributed by atoms with E-state index in [1.54, 1.807) is 48.5 Å². The van der Waals surface area contributed by atoms with Crippen LogP contribution in [-0.2, 0) is 0 Å². The van der Waals surface area contributed by atoms with Crippen molar-refractivity contribution in [2.24, 2.45) is 0 Å². The molecule has 5 heteroatoms. The predicted octanol–water partition coefficient (Wildman–Crippen LogP) is 3.93. The fraction of sp³-hybridized carbons (Fsp3) is 0.222. The molecule has 2 aromatic rings. The molecule has 0 aromatic heterocycles. The summed E-state index contributed by atoms with van der Waals surface area (Å²) in [6, 6.07) is 15.4. The fourth-order valence-electron chi connectivity index (χ4n) is 2.03. The fourth-order valence-corrected chi connectivity index (χ4v) is 2.22. The second-order valence-electron chi connectivity index (χ2n) is 6.13. The average molecular weight is 331 g/mol. The molecule has 0 radical (unpaired) electrons. The summed E-state index contributed by atoms with van der Waals surface area (Å²) >= 11 is 5.91. The van der Waals surface area contributed by atoms with Crippen molar-refractivity contribution in [2.75, 3.05) is 0 Å². The van der Waals surface area contributed by atoms with E-state index < -0.39 is 5.54 Å². The van der Waals surface area contributed by atoms with Gasteiger partial charge in [-0.05, 0) is 51.1 Å². The van der Waals surface area contributed by atoms with E-state index in [4.69, 9.17) is 11.6 Å². The molecule has 0 heterocycles. The van der Waals surface area contributed by atoms with Gasteiger partial charge in [-0.15, -0.1) is 0 Å². The highest BCUT2D eigenvalue weighted by molar-refractivity contribution is 6.30. The topological polar surface area (TPSA) is 49.4 Å². The summed E-state index contributed by atoms with van der Waals surface area (Å²) in [5.74, 6) is -0.653. The van der Waals surface area contributed by atoms with E-state index in [1.165, 1.54) is 5.01 Å². The molecule has 23 heavy (non-hydrogen) atoms. The van der Waals surface area contributed by atoms with Crippen LogP contribution in [0.3, 0.4) is 0 Å². The van der Waals surface area contributed by atoms with Gasteiger partial charge in [-0.1, -0.05) is 35.9 Å². The monoisotopic (exact) mass is 330 g/mol. The molecule has 0 atom stereocenters. The Bertz CT molecular complexity index is 708. The zero-order valence-corrected chi connectivity index (χ0v) is 14.1. The first-order chi connectivity index (χ1) is 10.8. The maximum Gasteiger partial charge on any atom is 0.272 e. The number of hydrogen-bond donors (Lipinski definition) is 1. The van der Waals surface area contributed by atoms with Gasteiger partial charge in [-0.2, -0.15) is 0 Å². The molecule has 0 aliphatic carbocycles. The highest BCUT2D eigenvalue weighted by Gasteiger charge is 2.29. The number of halogens is 1. The molecule has 0 saturated carbocycles. The minimum atomic E-state index is -0.582. The largest absolute Gasteiger partial charge is 0.272 e. The maximum atomic E-state index is 12.7. The van der Waals surface area contributed by atoms with E-state index in [0.29, 0.717) is 16.1 Å². The number of hydrogen-bond acceptors (Lipinski definition) is 2. The van der Waals surface area contributed by atoms with Gasteiger partial charge in [0.1, 0.15) is 0 Å². The molecular formula is C18H19ClN2O2. The summed E-state index contributed by atoms with van der Waals surface area (Å²) in [5.41, 5.74) is 3.01. The number of carbonyl (C=O) groups is 2. The van der Waals surface area contributed by atoms with E-state index >= 15 is 0 Å². The van der Waals surface area contributed by atoms with E-state index in [-0.39, 0.29) is 11.8 Å². The van der Waals surface area contributed by atoms with Crippen LogP contribution in [0.25, 0.3) is 0 Å². The first kappa shape index (κ1) is 17.0. The highest BCUT2D eigenvalue weighted by Crippen LogP contribution is 2.16. The zero-order valence-electron chi connectivity index (χ0n) is 13.3. The molecule has 120 valence electrons. The molecule has 0 spiro atoms. The third-order valence-corrected chi connectivity index (χ3v) is 3.43. The molecule has 2 aromatic carbocycles. The Kier molecular flexibility index (Phi) is 5.06. The molecule has 4 nitrogen and oxygen atoms in total. The Morgan fingerprint density at radius 3 is 2.13 bits per heavy atom. The van der Waals surface area contributed by atoms with Crippen molar-refractivity contribution in [3.8, 4) is 0 Å². The lowest BCUT2D eigenvalue weighted by atomic mass is 10.1. The predicted molar refractivity (Wildman–Crippen MR) is 91.3 cm³/mol. The van der Waals surface area contributed by atoms with Crippen LogP contribution in [0, 0.1) is 0 Å². The van der Waals surface area contributed by atoms with E-state index in [2.05, 4.69) is 5.43 Å². The molecule has 2 rings (SSSR count). The van der Waals surface area contributed by atoms with E-state index in [9.17, 15) is 9.59 Å². The molecule has 0 unspecified atom stereocenters. The first-order valence-corrected chi connectivity index (χ1v) is 7.63. The van der Waals surface area contributed by atoms with Crippen molar-refractivity contribution in [1.82, 2.24) is 10.4 Å². The summed E-state index contributed by atoms with van der Waals surface area (Å²) in [5, 5.41) is 1.81. The second kappa shape index (κ2) is 6.84. The number of amides is 2. The van der Waals surface area contributed by atoms with Crippen molar-refractivity contribution in [2.45, 2.75) is 26.3 Å². The average Bonchev–Trinajstić information content (AvgIpc) is 2.51.